The van der Waals surface area contributed by atoms with E-state index < -0.39 is 0 Å². The van der Waals surface area contributed by atoms with E-state index >= 15 is 0 Å². The van der Waals surface area contributed by atoms with Crippen molar-refractivity contribution < 1.29 is 18.8 Å². The number of benzene rings is 2. The molecule has 0 unspecified atom stereocenters. The van der Waals surface area contributed by atoms with Gasteiger partial charge in [-0.1, -0.05) is 5.10 Å². The van der Waals surface area contributed by atoms with E-state index in [-0.39, 0.29) is 29.5 Å². The van der Waals surface area contributed by atoms with Crippen molar-refractivity contribution in [3.63, 3.8) is 0 Å². The number of nitrogens with zero attached hydrogens (tertiary/aromatic N) is 5. The first kappa shape index (κ1) is 20.0. The smallest absolute Gasteiger partial charge is 0.339 e. The zero-order chi connectivity index (χ0) is 22.6. The molecule has 1 aromatic heterocycles. The van der Waals surface area contributed by atoms with Gasteiger partial charge in [0.15, 0.2) is 11.5 Å². The van der Waals surface area contributed by atoms with Crippen molar-refractivity contribution >= 4 is 17.4 Å². The van der Waals surface area contributed by atoms with Crippen LogP contribution in [0, 0.1) is 30.9 Å². The van der Waals surface area contributed by atoms with Crippen LogP contribution in [0.4, 0.5) is 11.7 Å². The van der Waals surface area contributed by atoms with Crippen LogP contribution in [-0.2, 0) is 6.42 Å². The predicted molar refractivity (Wildman–Crippen MR) is 115 cm³/mol. The Kier molecular flexibility index (Phi) is 4.58. The molecule has 0 radical (unpaired) electrons. The molecule has 3 aromatic rings. The summed E-state index contributed by atoms with van der Waals surface area (Å²) < 4.78 is 16.9. The Morgan fingerprint density at radius 3 is 2.38 bits per heavy atom. The van der Waals surface area contributed by atoms with E-state index in [0.29, 0.717) is 40.6 Å². The van der Waals surface area contributed by atoms with Crippen LogP contribution in [0.1, 0.15) is 40.6 Å². The highest BCUT2D eigenvalue weighted by Gasteiger charge is 2.30. The summed E-state index contributed by atoms with van der Waals surface area (Å²) in [5.41, 5.74) is 4.51. The van der Waals surface area contributed by atoms with Crippen LogP contribution in [-0.4, -0.2) is 33.7 Å². The number of nitro groups is 1. The second kappa shape index (κ2) is 7.33. The normalized spacial score (nSPS) is 17.1. The van der Waals surface area contributed by atoms with Gasteiger partial charge in [-0.05, 0) is 57.0 Å². The van der Waals surface area contributed by atoms with Crippen LogP contribution in [0.2, 0.25) is 0 Å². The fraction of sp³-hybridized carbons (Fsp3) is 0.318. The number of anilines is 1. The molecule has 0 aliphatic carbocycles. The summed E-state index contributed by atoms with van der Waals surface area (Å²) >= 11 is 0. The van der Waals surface area contributed by atoms with Crippen LogP contribution in [0.5, 0.6) is 11.5 Å². The van der Waals surface area contributed by atoms with Crippen molar-refractivity contribution in [3.8, 4) is 11.5 Å². The number of hydrogen-bond donors (Lipinski definition) is 0. The van der Waals surface area contributed by atoms with Gasteiger partial charge >= 0.3 is 6.01 Å². The Bertz CT molecular complexity index is 1260. The molecule has 2 aliphatic heterocycles. The Balaban J connectivity index is 1.74. The fourth-order valence-electron chi connectivity index (χ4n) is 4.24. The van der Waals surface area contributed by atoms with Crippen molar-refractivity contribution in [1.82, 2.24) is 10.2 Å². The molecule has 10 nitrogen and oxygen atoms in total. The largest absolute Gasteiger partial charge is 0.454 e. The highest BCUT2D eigenvalue weighted by molar-refractivity contribution is 6.15. The number of aryl methyl sites for hydroxylation is 3. The molecule has 0 saturated heterocycles. The number of nitro benzene ring substituents is 1. The van der Waals surface area contributed by atoms with Crippen LogP contribution in [0.15, 0.2) is 33.8 Å². The van der Waals surface area contributed by atoms with Gasteiger partial charge in [0.2, 0.25) is 12.7 Å². The number of hydrazone groups is 1. The maximum absolute atomic E-state index is 11.5. The van der Waals surface area contributed by atoms with Gasteiger partial charge in [0.1, 0.15) is 0 Å². The lowest BCUT2D eigenvalue weighted by molar-refractivity contribution is -0.386. The minimum atomic E-state index is -0.356. The monoisotopic (exact) mass is 435 g/mol. The molecule has 3 heterocycles. The first-order valence-electron chi connectivity index (χ1n) is 10.2. The Hall–Kier alpha value is -3.95. The lowest BCUT2D eigenvalue weighted by atomic mass is 9.92. The van der Waals surface area contributed by atoms with Crippen molar-refractivity contribution in [3.05, 3.63) is 68.1 Å². The van der Waals surface area contributed by atoms with E-state index in [4.69, 9.17) is 19.0 Å². The highest BCUT2D eigenvalue weighted by Crippen LogP contribution is 2.38. The maximum Gasteiger partial charge on any atom is 0.339 e. The average Bonchev–Trinajstić information content (AvgIpc) is 3.32. The Morgan fingerprint density at radius 1 is 1.06 bits per heavy atom. The van der Waals surface area contributed by atoms with Crippen LogP contribution in [0.25, 0.3) is 0 Å². The Labute approximate surface area is 183 Å². The van der Waals surface area contributed by atoms with Crippen LogP contribution in [0.3, 0.4) is 0 Å². The summed E-state index contributed by atoms with van der Waals surface area (Å²) in [5, 5.41) is 26.2. The van der Waals surface area contributed by atoms with Crippen LogP contribution < -0.4 is 14.5 Å². The molecule has 32 heavy (non-hydrogen) atoms. The van der Waals surface area contributed by atoms with Gasteiger partial charge < -0.3 is 13.9 Å². The van der Waals surface area contributed by atoms with Gasteiger partial charge in [0, 0.05) is 29.2 Å². The predicted octanol–water partition coefficient (Wildman–Crippen LogP) is 3.84. The second-order valence-electron chi connectivity index (χ2n) is 8.03. The molecular formula is C22H21N5O5. The van der Waals surface area contributed by atoms with E-state index in [2.05, 4.69) is 10.2 Å². The molecule has 2 aliphatic rings. The third kappa shape index (κ3) is 3.24. The summed E-state index contributed by atoms with van der Waals surface area (Å²) in [6, 6.07) is 7.65. The first-order valence-corrected chi connectivity index (χ1v) is 10.2. The van der Waals surface area contributed by atoms with Crippen molar-refractivity contribution in [2.45, 2.75) is 40.2 Å². The Morgan fingerprint density at radius 2 is 1.75 bits per heavy atom. The van der Waals surface area contributed by atoms with Gasteiger partial charge in [0.05, 0.1) is 16.7 Å². The molecule has 1 atom stereocenters. The van der Waals surface area contributed by atoms with Gasteiger partial charge in [-0.15, -0.1) is 5.10 Å². The fourth-order valence-corrected chi connectivity index (χ4v) is 4.24. The van der Waals surface area contributed by atoms with E-state index in [1.165, 1.54) is 0 Å². The quantitative estimate of drug-likeness (QED) is 0.450. The second-order valence-corrected chi connectivity index (χ2v) is 8.03. The number of rotatable bonds is 3. The molecule has 2 aromatic carbocycles. The molecule has 0 fully saturated rings. The molecule has 164 valence electrons. The summed E-state index contributed by atoms with van der Waals surface area (Å²) in [4.78, 5) is 11.1. The van der Waals surface area contributed by atoms with Crippen LogP contribution >= 0.6 is 0 Å². The van der Waals surface area contributed by atoms with Crippen molar-refractivity contribution in [2.24, 2.45) is 5.10 Å². The summed E-state index contributed by atoms with van der Waals surface area (Å²) in [6.07, 6.45) is 0.644. The van der Waals surface area contributed by atoms with E-state index in [0.717, 1.165) is 16.7 Å². The minimum Gasteiger partial charge on any atom is -0.454 e. The van der Waals surface area contributed by atoms with Gasteiger partial charge in [-0.2, -0.15) is 5.10 Å². The standard InChI is InChI=1S/C22H21N5O5/c1-11-5-16(6-12(2)21(11)27(28)29)20-17-9-19-18(30-10-31-19)8-15(17)7-13(3)26(25-20)22-24-23-14(4)32-22/h5-6,8-9,13H,7,10H2,1-4H3/t13-/m1/s1. The molecule has 0 spiro atoms. The van der Waals surface area contributed by atoms with E-state index in [9.17, 15) is 10.1 Å². The number of hydrogen-bond acceptors (Lipinski definition) is 9. The summed E-state index contributed by atoms with van der Waals surface area (Å²) in [6.45, 7) is 7.37. The minimum absolute atomic E-state index is 0.0910. The third-order valence-electron chi connectivity index (χ3n) is 5.65. The van der Waals surface area contributed by atoms with E-state index in [1.54, 1.807) is 37.9 Å². The summed E-state index contributed by atoms with van der Waals surface area (Å²) in [7, 11) is 0. The number of fused-ring (bicyclic) bond motifs is 2. The van der Waals surface area contributed by atoms with Crippen molar-refractivity contribution in [1.29, 1.82) is 0 Å². The number of aromatic nitrogens is 2. The van der Waals surface area contributed by atoms with Gasteiger partial charge in [-0.25, -0.2) is 5.01 Å². The maximum atomic E-state index is 11.5. The molecule has 0 amide bonds. The molecule has 5 rings (SSSR count). The number of ether oxygens (including phenoxy) is 2. The average molecular weight is 435 g/mol. The zero-order valence-corrected chi connectivity index (χ0v) is 18.1. The van der Waals surface area contributed by atoms with E-state index in [1.807, 2.05) is 19.1 Å². The van der Waals surface area contributed by atoms with Gasteiger partial charge in [-0.3, -0.25) is 10.1 Å². The molecule has 0 N–H and O–H groups in total. The molecule has 0 saturated carbocycles. The molecule has 10 heteroatoms. The lowest BCUT2D eigenvalue weighted by Crippen LogP contribution is -2.29. The highest BCUT2D eigenvalue weighted by atomic mass is 16.7. The molecular weight excluding hydrogens is 414 g/mol. The topological polar surface area (TPSA) is 116 Å². The molecule has 0 bridgehead atoms. The summed E-state index contributed by atoms with van der Waals surface area (Å²) in [5.74, 6) is 1.77. The van der Waals surface area contributed by atoms with Crippen molar-refractivity contribution in [2.75, 3.05) is 11.8 Å². The zero-order valence-electron chi connectivity index (χ0n) is 18.1. The first-order chi connectivity index (χ1) is 15.3. The third-order valence-corrected chi connectivity index (χ3v) is 5.65. The van der Waals surface area contributed by atoms with Gasteiger partial charge in [0.25, 0.3) is 5.69 Å². The lowest BCUT2D eigenvalue weighted by Gasteiger charge is -2.20. The SMILES string of the molecule is Cc1nnc(N2N=C(c3cc(C)c([N+](=O)[O-])c(C)c3)c3cc4c(cc3C[C@H]2C)OCO4)o1.